The Morgan fingerprint density at radius 1 is 1.50 bits per heavy atom. The maximum absolute atomic E-state index is 12.4. The average molecular weight is 331 g/mol. The Labute approximate surface area is 119 Å². The standard InChI is InChI=1S/C11H15BrN4OS/c12-8-6-9(10(15-13)14-7-8)11(17)16-2-1-4-18-5-3-16/h6-7H,1-5,13H2,(H,14,15). The van der Waals surface area contributed by atoms with Crippen LogP contribution in [0.25, 0.3) is 0 Å². The van der Waals surface area contributed by atoms with Crippen LogP contribution in [0.15, 0.2) is 16.7 Å². The molecule has 0 saturated carbocycles. The maximum atomic E-state index is 12.4. The van der Waals surface area contributed by atoms with Gasteiger partial charge in [0.2, 0.25) is 0 Å². The first kappa shape index (κ1) is 13.6. The molecule has 1 aromatic heterocycles. The molecule has 0 atom stereocenters. The quantitative estimate of drug-likeness (QED) is 0.638. The van der Waals surface area contributed by atoms with E-state index in [0.717, 1.165) is 35.5 Å². The second kappa shape index (κ2) is 6.40. The third-order valence-electron chi connectivity index (χ3n) is 2.73. The fourth-order valence-corrected chi connectivity index (χ4v) is 3.05. The van der Waals surface area contributed by atoms with Crippen LogP contribution in [0, 0.1) is 0 Å². The molecule has 1 aromatic rings. The molecule has 0 spiro atoms. The molecule has 0 aliphatic carbocycles. The highest BCUT2D eigenvalue weighted by atomic mass is 79.9. The molecule has 2 rings (SSSR count). The highest BCUT2D eigenvalue weighted by Crippen LogP contribution is 2.20. The first-order chi connectivity index (χ1) is 8.72. The fourth-order valence-electron chi connectivity index (χ4n) is 1.84. The van der Waals surface area contributed by atoms with Gasteiger partial charge in [0.15, 0.2) is 5.82 Å². The molecule has 3 N–H and O–H groups in total. The fraction of sp³-hybridized carbons (Fsp3) is 0.455. The summed E-state index contributed by atoms with van der Waals surface area (Å²) in [5, 5.41) is 0. The molecule has 1 amide bonds. The van der Waals surface area contributed by atoms with Crippen molar-refractivity contribution >= 4 is 39.4 Å². The van der Waals surface area contributed by atoms with Crippen molar-refractivity contribution in [3.63, 3.8) is 0 Å². The van der Waals surface area contributed by atoms with Crippen molar-refractivity contribution in [3.8, 4) is 0 Å². The third-order valence-corrected chi connectivity index (χ3v) is 4.21. The second-order valence-electron chi connectivity index (χ2n) is 3.95. The summed E-state index contributed by atoms with van der Waals surface area (Å²) >= 11 is 5.21. The second-order valence-corrected chi connectivity index (χ2v) is 6.09. The maximum Gasteiger partial charge on any atom is 0.257 e. The molecule has 0 unspecified atom stereocenters. The highest BCUT2D eigenvalue weighted by molar-refractivity contribution is 9.10. The van der Waals surface area contributed by atoms with E-state index in [1.165, 1.54) is 0 Å². The lowest BCUT2D eigenvalue weighted by atomic mass is 10.2. The van der Waals surface area contributed by atoms with E-state index < -0.39 is 0 Å². The van der Waals surface area contributed by atoms with Crippen molar-refractivity contribution in [3.05, 3.63) is 22.3 Å². The monoisotopic (exact) mass is 330 g/mol. The van der Waals surface area contributed by atoms with E-state index in [4.69, 9.17) is 5.84 Å². The number of carbonyl (C=O) groups excluding carboxylic acids is 1. The van der Waals surface area contributed by atoms with Gasteiger partial charge in [0.05, 0.1) is 5.56 Å². The molecule has 18 heavy (non-hydrogen) atoms. The topological polar surface area (TPSA) is 71.2 Å². The van der Waals surface area contributed by atoms with Crippen molar-refractivity contribution in [2.45, 2.75) is 6.42 Å². The van der Waals surface area contributed by atoms with Crippen LogP contribution >= 0.6 is 27.7 Å². The number of nitrogens with two attached hydrogens (primary N) is 1. The Hall–Kier alpha value is -0.790. The predicted octanol–water partition coefficient (Wildman–Crippen LogP) is 1.71. The molecule has 0 radical (unpaired) electrons. The van der Waals surface area contributed by atoms with E-state index in [1.807, 2.05) is 16.7 Å². The van der Waals surface area contributed by atoms with Gasteiger partial charge < -0.3 is 10.3 Å². The third kappa shape index (κ3) is 3.15. The Bertz CT molecular complexity index is 435. The number of nitrogens with one attached hydrogen (secondary N) is 1. The molecule has 7 heteroatoms. The van der Waals surface area contributed by atoms with Gasteiger partial charge in [-0.15, -0.1) is 0 Å². The van der Waals surface area contributed by atoms with Gasteiger partial charge in [-0.25, -0.2) is 10.8 Å². The van der Waals surface area contributed by atoms with Gasteiger partial charge >= 0.3 is 0 Å². The molecular formula is C11H15BrN4OS. The van der Waals surface area contributed by atoms with Crippen LogP contribution in [0.3, 0.4) is 0 Å². The van der Waals surface area contributed by atoms with Crippen molar-refractivity contribution in [2.24, 2.45) is 5.84 Å². The van der Waals surface area contributed by atoms with E-state index in [0.29, 0.717) is 11.4 Å². The lowest BCUT2D eigenvalue weighted by molar-refractivity contribution is 0.0769. The van der Waals surface area contributed by atoms with Crippen LogP contribution in [-0.2, 0) is 0 Å². The smallest absolute Gasteiger partial charge is 0.257 e. The van der Waals surface area contributed by atoms with E-state index >= 15 is 0 Å². The number of hydrogen-bond donors (Lipinski definition) is 2. The summed E-state index contributed by atoms with van der Waals surface area (Å²) < 4.78 is 0.772. The molecule has 1 fully saturated rings. The van der Waals surface area contributed by atoms with Crippen molar-refractivity contribution in [1.82, 2.24) is 9.88 Å². The van der Waals surface area contributed by atoms with Gasteiger partial charge in [-0.3, -0.25) is 4.79 Å². The molecular weight excluding hydrogens is 316 g/mol. The Kier molecular flexibility index (Phi) is 4.85. The van der Waals surface area contributed by atoms with Gasteiger partial charge in [0, 0.05) is 29.5 Å². The number of rotatable bonds is 2. The van der Waals surface area contributed by atoms with E-state index in [9.17, 15) is 4.79 Å². The number of anilines is 1. The first-order valence-electron chi connectivity index (χ1n) is 5.71. The minimum atomic E-state index is -0.0146. The molecule has 1 saturated heterocycles. The lowest BCUT2D eigenvalue weighted by Gasteiger charge is -2.21. The molecule has 1 aliphatic rings. The Morgan fingerprint density at radius 2 is 2.33 bits per heavy atom. The number of halogens is 1. The highest BCUT2D eigenvalue weighted by Gasteiger charge is 2.21. The van der Waals surface area contributed by atoms with E-state index in [1.54, 1.807) is 12.3 Å². The van der Waals surface area contributed by atoms with Crippen LogP contribution < -0.4 is 11.3 Å². The Balaban J connectivity index is 2.23. The first-order valence-corrected chi connectivity index (χ1v) is 7.66. The molecule has 1 aliphatic heterocycles. The minimum Gasteiger partial charge on any atom is -0.338 e. The van der Waals surface area contributed by atoms with Crippen LogP contribution in [-0.4, -0.2) is 40.4 Å². The van der Waals surface area contributed by atoms with E-state index in [-0.39, 0.29) is 5.91 Å². The van der Waals surface area contributed by atoms with Gasteiger partial charge in [-0.05, 0) is 34.2 Å². The molecule has 5 nitrogen and oxygen atoms in total. The summed E-state index contributed by atoms with van der Waals surface area (Å²) in [5.74, 6) is 7.90. The summed E-state index contributed by atoms with van der Waals surface area (Å²) in [4.78, 5) is 18.4. The number of amides is 1. The van der Waals surface area contributed by atoms with Crippen LogP contribution in [0.2, 0.25) is 0 Å². The summed E-state index contributed by atoms with van der Waals surface area (Å²) in [6.45, 7) is 1.57. The summed E-state index contributed by atoms with van der Waals surface area (Å²) in [5.41, 5.74) is 2.99. The number of thioether (sulfide) groups is 1. The number of nitrogens with zero attached hydrogens (tertiary/aromatic N) is 2. The molecule has 0 bridgehead atoms. The number of pyridine rings is 1. The van der Waals surface area contributed by atoms with Crippen LogP contribution in [0.1, 0.15) is 16.8 Å². The molecule has 98 valence electrons. The lowest BCUT2D eigenvalue weighted by Crippen LogP contribution is -2.33. The Morgan fingerprint density at radius 3 is 3.11 bits per heavy atom. The van der Waals surface area contributed by atoms with Crippen LogP contribution in [0.5, 0.6) is 0 Å². The van der Waals surface area contributed by atoms with Gasteiger partial charge in [-0.2, -0.15) is 11.8 Å². The van der Waals surface area contributed by atoms with Gasteiger partial charge in [-0.1, -0.05) is 0 Å². The van der Waals surface area contributed by atoms with E-state index in [2.05, 4.69) is 26.3 Å². The number of aromatic nitrogens is 1. The average Bonchev–Trinajstić information content (AvgIpc) is 2.66. The largest absolute Gasteiger partial charge is 0.338 e. The zero-order valence-electron chi connectivity index (χ0n) is 9.86. The van der Waals surface area contributed by atoms with Crippen molar-refractivity contribution < 1.29 is 4.79 Å². The van der Waals surface area contributed by atoms with Crippen LogP contribution in [0.4, 0.5) is 5.82 Å². The number of hydrazine groups is 1. The molecule has 2 heterocycles. The number of carbonyl (C=O) groups is 1. The van der Waals surface area contributed by atoms with Gasteiger partial charge in [0.25, 0.3) is 5.91 Å². The summed E-state index contributed by atoms with van der Waals surface area (Å²) in [7, 11) is 0. The number of nitrogen functional groups attached to an aromatic ring is 1. The SMILES string of the molecule is NNc1ncc(Br)cc1C(=O)N1CCCSCC1. The predicted molar refractivity (Wildman–Crippen MR) is 77.6 cm³/mol. The van der Waals surface area contributed by atoms with Crippen molar-refractivity contribution in [1.29, 1.82) is 0 Å². The minimum absolute atomic E-state index is 0.0146. The zero-order valence-corrected chi connectivity index (χ0v) is 12.3. The van der Waals surface area contributed by atoms with Crippen molar-refractivity contribution in [2.75, 3.05) is 30.0 Å². The summed E-state index contributed by atoms with van der Waals surface area (Å²) in [6.07, 6.45) is 2.65. The number of hydrogen-bond acceptors (Lipinski definition) is 5. The van der Waals surface area contributed by atoms with Gasteiger partial charge in [0.1, 0.15) is 0 Å². The zero-order chi connectivity index (χ0) is 13.0. The molecule has 0 aromatic carbocycles. The summed E-state index contributed by atoms with van der Waals surface area (Å²) in [6, 6.07) is 1.75. The normalized spacial score (nSPS) is 16.2.